The maximum atomic E-state index is 12.2. The van der Waals surface area contributed by atoms with Gasteiger partial charge in [0.25, 0.3) is 0 Å². The van der Waals surface area contributed by atoms with Crippen LogP contribution in [0, 0.1) is 5.92 Å². The van der Waals surface area contributed by atoms with Crippen LogP contribution in [0.3, 0.4) is 0 Å². The van der Waals surface area contributed by atoms with Gasteiger partial charge < -0.3 is 9.80 Å². The van der Waals surface area contributed by atoms with Gasteiger partial charge >= 0.3 is 0 Å². The van der Waals surface area contributed by atoms with Gasteiger partial charge in [-0.1, -0.05) is 30.7 Å². The first-order chi connectivity index (χ1) is 10.2. The van der Waals surface area contributed by atoms with Crippen molar-refractivity contribution in [3.05, 3.63) is 34.9 Å². The summed E-state index contributed by atoms with van der Waals surface area (Å²) in [5, 5.41) is 4.02. The van der Waals surface area contributed by atoms with Gasteiger partial charge in [0.1, 0.15) is 6.17 Å². The molecule has 0 radical (unpaired) electrons. The number of amides is 1. The van der Waals surface area contributed by atoms with Crippen molar-refractivity contribution in [3.63, 3.8) is 0 Å². The van der Waals surface area contributed by atoms with Crippen LogP contribution in [-0.2, 0) is 4.79 Å². The first-order valence-corrected chi connectivity index (χ1v) is 8.06. The molecule has 0 bridgehead atoms. The van der Waals surface area contributed by atoms with Crippen molar-refractivity contribution < 1.29 is 4.79 Å². The predicted molar refractivity (Wildman–Crippen MR) is 84.1 cm³/mol. The van der Waals surface area contributed by atoms with E-state index in [2.05, 4.69) is 17.1 Å². The Bertz CT molecular complexity index is 522. The predicted octanol–water partition coefficient (Wildman–Crippen LogP) is 2.11. The molecule has 114 valence electrons. The second-order valence-corrected chi connectivity index (χ2v) is 6.37. The largest absolute Gasteiger partial charge is 0.321 e. The third-order valence-electron chi connectivity index (χ3n) is 4.52. The van der Waals surface area contributed by atoms with Crippen LogP contribution in [0.2, 0.25) is 5.02 Å². The zero-order chi connectivity index (χ0) is 14.8. The molecule has 21 heavy (non-hydrogen) atoms. The smallest absolute Gasteiger partial charge is 0.238 e. The number of nitrogens with zero attached hydrogens (tertiary/aromatic N) is 2. The fourth-order valence-corrected chi connectivity index (χ4v) is 3.55. The quantitative estimate of drug-likeness (QED) is 0.925. The molecule has 2 heterocycles. The molecule has 2 unspecified atom stereocenters. The minimum Gasteiger partial charge on any atom is -0.321 e. The molecule has 0 aliphatic carbocycles. The van der Waals surface area contributed by atoms with Crippen LogP contribution in [0.4, 0.5) is 0 Å². The molecule has 2 fully saturated rings. The highest BCUT2D eigenvalue weighted by Crippen LogP contribution is 2.27. The van der Waals surface area contributed by atoms with E-state index < -0.39 is 0 Å². The lowest BCUT2D eigenvalue weighted by atomic mass is 10.1. The SMILES string of the molecule is CCN1CCC(CN2C(=O)CNC2c2cccc(Cl)c2)C1. The van der Waals surface area contributed by atoms with Crippen LogP contribution < -0.4 is 5.32 Å². The van der Waals surface area contributed by atoms with Crippen molar-refractivity contribution in [2.75, 3.05) is 32.7 Å². The van der Waals surface area contributed by atoms with E-state index >= 15 is 0 Å². The molecular formula is C16H22ClN3O. The third-order valence-corrected chi connectivity index (χ3v) is 4.75. The average Bonchev–Trinajstić information content (AvgIpc) is 3.07. The lowest BCUT2D eigenvalue weighted by molar-refractivity contribution is -0.128. The molecular weight excluding hydrogens is 286 g/mol. The van der Waals surface area contributed by atoms with Crippen LogP contribution in [0.5, 0.6) is 0 Å². The van der Waals surface area contributed by atoms with E-state index in [1.807, 2.05) is 29.2 Å². The van der Waals surface area contributed by atoms with Crippen molar-refractivity contribution in [2.45, 2.75) is 19.5 Å². The summed E-state index contributed by atoms with van der Waals surface area (Å²) >= 11 is 6.08. The summed E-state index contributed by atoms with van der Waals surface area (Å²) in [7, 11) is 0. The molecule has 1 N–H and O–H groups in total. The van der Waals surface area contributed by atoms with Gasteiger partial charge in [-0.3, -0.25) is 10.1 Å². The molecule has 0 spiro atoms. The van der Waals surface area contributed by atoms with E-state index in [-0.39, 0.29) is 12.1 Å². The maximum Gasteiger partial charge on any atom is 0.238 e. The zero-order valence-electron chi connectivity index (χ0n) is 12.4. The molecule has 2 atom stereocenters. The Labute approximate surface area is 131 Å². The summed E-state index contributed by atoms with van der Waals surface area (Å²) in [5.74, 6) is 0.769. The van der Waals surface area contributed by atoms with Gasteiger partial charge in [-0.25, -0.2) is 0 Å². The normalized spacial score (nSPS) is 26.8. The van der Waals surface area contributed by atoms with E-state index in [1.54, 1.807) is 0 Å². The molecule has 2 saturated heterocycles. The van der Waals surface area contributed by atoms with Gasteiger partial charge in [0.05, 0.1) is 6.54 Å². The van der Waals surface area contributed by atoms with Gasteiger partial charge in [-0.05, 0) is 43.1 Å². The minimum atomic E-state index is -0.0353. The van der Waals surface area contributed by atoms with Crippen molar-refractivity contribution in [2.24, 2.45) is 5.92 Å². The van der Waals surface area contributed by atoms with Crippen molar-refractivity contribution in [1.29, 1.82) is 0 Å². The summed E-state index contributed by atoms with van der Waals surface area (Å²) < 4.78 is 0. The Hall–Kier alpha value is -1.10. The topological polar surface area (TPSA) is 35.6 Å². The fourth-order valence-electron chi connectivity index (χ4n) is 3.35. The molecule has 3 rings (SSSR count). The zero-order valence-corrected chi connectivity index (χ0v) is 13.1. The van der Waals surface area contributed by atoms with Gasteiger partial charge in [0.15, 0.2) is 0 Å². The van der Waals surface area contributed by atoms with Gasteiger partial charge in [-0.15, -0.1) is 0 Å². The van der Waals surface area contributed by atoms with E-state index in [9.17, 15) is 4.79 Å². The maximum absolute atomic E-state index is 12.2. The summed E-state index contributed by atoms with van der Waals surface area (Å²) in [6.45, 7) is 6.79. The number of carbonyl (C=O) groups excluding carboxylic acids is 1. The van der Waals surface area contributed by atoms with E-state index in [0.717, 1.165) is 31.7 Å². The van der Waals surface area contributed by atoms with Crippen molar-refractivity contribution in [3.8, 4) is 0 Å². The summed E-state index contributed by atoms with van der Waals surface area (Å²) in [4.78, 5) is 16.6. The number of carbonyl (C=O) groups is 1. The van der Waals surface area contributed by atoms with E-state index in [4.69, 9.17) is 11.6 Å². The highest BCUT2D eigenvalue weighted by Gasteiger charge is 2.34. The number of nitrogens with one attached hydrogen (secondary N) is 1. The molecule has 1 amide bonds. The summed E-state index contributed by atoms with van der Waals surface area (Å²) in [6.07, 6.45) is 1.15. The molecule has 4 nitrogen and oxygen atoms in total. The highest BCUT2D eigenvalue weighted by molar-refractivity contribution is 6.30. The third kappa shape index (κ3) is 3.23. The molecule has 5 heteroatoms. The molecule has 2 aliphatic rings. The first kappa shape index (κ1) is 14.8. The number of hydrogen-bond acceptors (Lipinski definition) is 3. The number of hydrogen-bond donors (Lipinski definition) is 1. The minimum absolute atomic E-state index is 0.0353. The molecule has 1 aromatic carbocycles. The number of likely N-dealkylation sites (tertiary alicyclic amines) is 1. The van der Waals surface area contributed by atoms with Crippen LogP contribution in [0.1, 0.15) is 25.1 Å². The second kappa shape index (κ2) is 6.34. The van der Waals surface area contributed by atoms with E-state index in [1.165, 1.54) is 6.42 Å². The monoisotopic (exact) mass is 307 g/mol. The average molecular weight is 308 g/mol. The van der Waals surface area contributed by atoms with Gasteiger partial charge in [-0.2, -0.15) is 0 Å². The Morgan fingerprint density at radius 2 is 2.29 bits per heavy atom. The van der Waals surface area contributed by atoms with Crippen LogP contribution in [0.15, 0.2) is 24.3 Å². The fraction of sp³-hybridized carbons (Fsp3) is 0.562. The number of rotatable bonds is 4. The molecule has 0 saturated carbocycles. The summed E-state index contributed by atoms with van der Waals surface area (Å²) in [6, 6.07) is 7.77. The van der Waals surface area contributed by atoms with Crippen molar-refractivity contribution >= 4 is 17.5 Å². The number of benzene rings is 1. The van der Waals surface area contributed by atoms with Crippen LogP contribution in [-0.4, -0.2) is 48.4 Å². The first-order valence-electron chi connectivity index (χ1n) is 7.68. The van der Waals surface area contributed by atoms with Crippen LogP contribution in [0.25, 0.3) is 0 Å². The Morgan fingerprint density at radius 3 is 3.00 bits per heavy atom. The standard InChI is InChI=1S/C16H22ClN3O/c1-2-19-7-6-12(10-19)11-20-15(21)9-18-16(20)13-4-3-5-14(17)8-13/h3-5,8,12,16,18H,2,6-7,9-11H2,1H3. The van der Waals surface area contributed by atoms with E-state index in [0.29, 0.717) is 17.5 Å². The van der Waals surface area contributed by atoms with Gasteiger partial charge in [0, 0.05) is 18.1 Å². The number of halogens is 1. The lowest BCUT2D eigenvalue weighted by Crippen LogP contribution is -2.35. The van der Waals surface area contributed by atoms with Gasteiger partial charge in [0.2, 0.25) is 5.91 Å². The van der Waals surface area contributed by atoms with Crippen molar-refractivity contribution in [1.82, 2.24) is 15.1 Å². The molecule has 1 aromatic rings. The molecule has 2 aliphatic heterocycles. The Balaban J connectivity index is 1.71. The Morgan fingerprint density at radius 1 is 1.43 bits per heavy atom. The lowest BCUT2D eigenvalue weighted by Gasteiger charge is -2.27. The summed E-state index contributed by atoms with van der Waals surface area (Å²) in [5.41, 5.74) is 1.07. The second-order valence-electron chi connectivity index (χ2n) is 5.93. The highest BCUT2D eigenvalue weighted by atomic mass is 35.5. The molecule has 0 aromatic heterocycles. The Kier molecular flexibility index (Phi) is 4.48. The van der Waals surface area contributed by atoms with Crippen LogP contribution >= 0.6 is 11.6 Å².